The SMILES string of the molecule is CCCOC(CCC)C(O)CO. The van der Waals surface area contributed by atoms with Crippen molar-refractivity contribution < 1.29 is 14.9 Å². The maximum atomic E-state index is 9.30. The zero-order valence-corrected chi connectivity index (χ0v) is 7.99. The molecule has 0 spiro atoms. The van der Waals surface area contributed by atoms with Crippen molar-refractivity contribution in [2.24, 2.45) is 0 Å². The molecule has 74 valence electrons. The summed E-state index contributed by atoms with van der Waals surface area (Å²) in [4.78, 5) is 0. The van der Waals surface area contributed by atoms with Crippen LogP contribution >= 0.6 is 0 Å². The lowest BCUT2D eigenvalue weighted by Gasteiger charge is -2.20. The summed E-state index contributed by atoms with van der Waals surface area (Å²) >= 11 is 0. The second-order valence-electron chi connectivity index (χ2n) is 2.95. The molecule has 0 radical (unpaired) electrons. The van der Waals surface area contributed by atoms with Crippen molar-refractivity contribution in [1.82, 2.24) is 0 Å². The highest BCUT2D eigenvalue weighted by atomic mass is 16.5. The molecule has 0 aliphatic carbocycles. The molecule has 12 heavy (non-hydrogen) atoms. The first-order chi connectivity index (χ1) is 5.76. The molecule has 0 heterocycles. The molecule has 0 bridgehead atoms. The van der Waals surface area contributed by atoms with Gasteiger partial charge in [-0.2, -0.15) is 0 Å². The molecule has 0 aliphatic rings. The van der Waals surface area contributed by atoms with Crippen LogP contribution in [0.3, 0.4) is 0 Å². The van der Waals surface area contributed by atoms with Crippen LogP contribution in [0.5, 0.6) is 0 Å². The van der Waals surface area contributed by atoms with Gasteiger partial charge in [-0.15, -0.1) is 0 Å². The Balaban J connectivity index is 3.68. The van der Waals surface area contributed by atoms with E-state index in [-0.39, 0.29) is 12.7 Å². The van der Waals surface area contributed by atoms with Gasteiger partial charge in [-0.25, -0.2) is 0 Å². The van der Waals surface area contributed by atoms with Crippen molar-refractivity contribution in [3.63, 3.8) is 0 Å². The van der Waals surface area contributed by atoms with Gasteiger partial charge >= 0.3 is 0 Å². The summed E-state index contributed by atoms with van der Waals surface area (Å²) < 4.78 is 5.37. The van der Waals surface area contributed by atoms with Crippen LogP contribution in [0, 0.1) is 0 Å². The number of aliphatic hydroxyl groups excluding tert-OH is 2. The zero-order chi connectivity index (χ0) is 9.40. The van der Waals surface area contributed by atoms with E-state index < -0.39 is 6.10 Å². The van der Waals surface area contributed by atoms with E-state index in [4.69, 9.17) is 9.84 Å². The average molecular weight is 176 g/mol. The van der Waals surface area contributed by atoms with Crippen LogP contribution in [-0.4, -0.2) is 35.6 Å². The Hall–Kier alpha value is -0.120. The first kappa shape index (κ1) is 11.9. The number of hydrogen-bond donors (Lipinski definition) is 2. The van der Waals surface area contributed by atoms with E-state index in [2.05, 4.69) is 0 Å². The largest absolute Gasteiger partial charge is 0.394 e. The molecule has 2 N–H and O–H groups in total. The third kappa shape index (κ3) is 4.70. The molecule has 3 nitrogen and oxygen atoms in total. The van der Waals surface area contributed by atoms with Crippen LogP contribution in [-0.2, 0) is 4.74 Å². The molecule has 3 heteroatoms. The summed E-state index contributed by atoms with van der Waals surface area (Å²) in [5.41, 5.74) is 0. The molecular formula is C9H20O3. The summed E-state index contributed by atoms with van der Waals surface area (Å²) in [5, 5.41) is 18.0. The molecule has 0 amide bonds. The quantitative estimate of drug-likeness (QED) is 0.607. The second-order valence-corrected chi connectivity index (χ2v) is 2.95. The lowest BCUT2D eigenvalue weighted by atomic mass is 10.1. The van der Waals surface area contributed by atoms with Crippen molar-refractivity contribution in [3.8, 4) is 0 Å². The molecule has 0 saturated heterocycles. The van der Waals surface area contributed by atoms with E-state index in [1.807, 2.05) is 13.8 Å². The summed E-state index contributed by atoms with van der Waals surface area (Å²) in [5.74, 6) is 0. The monoisotopic (exact) mass is 176 g/mol. The van der Waals surface area contributed by atoms with Crippen molar-refractivity contribution >= 4 is 0 Å². The fourth-order valence-corrected chi connectivity index (χ4v) is 1.06. The van der Waals surface area contributed by atoms with E-state index in [1.165, 1.54) is 0 Å². The first-order valence-corrected chi connectivity index (χ1v) is 4.66. The Morgan fingerprint density at radius 1 is 1.25 bits per heavy atom. The van der Waals surface area contributed by atoms with E-state index in [9.17, 15) is 5.11 Å². The molecule has 0 saturated carbocycles. The molecule has 0 fully saturated rings. The lowest BCUT2D eigenvalue weighted by Crippen LogP contribution is -2.32. The predicted octanol–water partition coefficient (Wildman–Crippen LogP) is 0.935. The number of ether oxygens (including phenoxy) is 1. The fourth-order valence-electron chi connectivity index (χ4n) is 1.06. The van der Waals surface area contributed by atoms with Gasteiger partial charge in [-0.1, -0.05) is 20.3 Å². The molecule has 0 aromatic carbocycles. The van der Waals surface area contributed by atoms with Crippen molar-refractivity contribution in [2.75, 3.05) is 13.2 Å². The van der Waals surface area contributed by atoms with Gasteiger partial charge in [0.1, 0.15) is 6.10 Å². The van der Waals surface area contributed by atoms with Gasteiger partial charge < -0.3 is 14.9 Å². The lowest BCUT2D eigenvalue weighted by molar-refractivity contribution is -0.0612. The Labute approximate surface area is 74.4 Å². The predicted molar refractivity (Wildman–Crippen MR) is 48.0 cm³/mol. The Bertz CT molecular complexity index is 95.8. The smallest absolute Gasteiger partial charge is 0.103 e. The number of aliphatic hydroxyl groups is 2. The summed E-state index contributed by atoms with van der Waals surface area (Å²) in [7, 11) is 0. The van der Waals surface area contributed by atoms with E-state index in [1.54, 1.807) is 0 Å². The summed E-state index contributed by atoms with van der Waals surface area (Å²) in [6.45, 7) is 4.50. The zero-order valence-electron chi connectivity index (χ0n) is 7.99. The minimum absolute atomic E-state index is 0.194. The van der Waals surface area contributed by atoms with Gasteiger partial charge in [0.05, 0.1) is 12.7 Å². The molecule has 0 rings (SSSR count). The van der Waals surface area contributed by atoms with Crippen LogP contribution in [0.4, 0.5) is 0 Å². The summed E-state index contributed by atoms with van der Waals surface area (Å²) in [6, 6.07) is 0. The van der Waals surface area contributed by atoms with Crippen LogP contribution in [0.25, 0.3) is 0 Å². The van der Waals surface area contributed by atoms with Gasteiger partial charge in [-0.3, -0.25) is 0 Å². The van der Waals surface area contributed by atoms with Gasteiger partial charge in [-0.05, 0) is 12.8 Å². The number of hydrogen-bond acceptors (Lipinski definition) is 3. The summed E-state index contributed by atoms with van der Waals surface area (Å²) in [6.07, 6.45) is 1.79. The van der Waals surface area contributed by atoms with E-state index >= 15 is 0 Å². The third-order valence-corrected chi connectivity index (χ3v) is 1.73. The molecule has 0 aromatic rings. The Morgan fingerprint density at radius 2 is 1.92 bits per heavy atom. The van der Waals surface area contributed by atoms with Gasteiger partial charge in [0.15, 0.2) is 0 Å². The van der Waals surface area contributed by atoms with Gasteiger partial charge in [0, 0.05) is 6.61 Å². The van der Waals surface area contributed by atoms with Crippen LogP contribution in [0.1, 0.15) is 33.1 Å². The highest BCUT2D eigenvalue weighted by Crippen LogP contribution is 2.07. The van der Waals surface area contributed by atoms with Crippen molar-refractivity contribution in [2.45, 2.75) is 45.3 Å². The Kier molecular flexibility index (Phi) is 7.45. The van der Waals surface area contributed by atoms with Crippen molar-refractivity contribution in [3.05, 3.63) is 0 Å². The highest BCUT2D eigenvalue weighted by molar-refractivity contribution is 4.67. The van der Waals surface area contributed by atoms with Gasteiger partial charge in [0.25, 0.3) is 0 Å². The fraction of sp³-hybridized carbons (Fsp3) is 1.00. The van der Waals surface area contributed by atoms with E-state index in [0.29, 0.717) is 6.61 Å². The Morgan fingerprint density at radius 3 is 2.33 bits per heavy atom. The topological polar surface area (TPSA) is 49.7 Å². The first-order valence-electron chi connectivity index (χ1n) is 4.66. The minimum atomic E-state index is -0.725. The van der Waals surface area contributed by atoms with Crippen LogP contribution in [0.2, 0.25) is 0 Å². The highest BCUT2D eigenvalue weighted by Gasteiger charge is 2.17. The van der Waals surface area contributed by atoms with Gasteiger partial charge in [0.2, 0.25) is 0 Å². The maximum Gasteiger partial charge on any atom is 0.103 e. The third-order valence-electron chi connectivity index (χ3n) is 1.73. The van der Waals surface area contributed by atoms with E-state index in [0.717, 1.165) is 19.3 Å². The normalized spacial score (nSPS) is 16.0. The average Bonchev–Trinajstić information content (AvgIpc) is 2.11. The van der Waals surface area contributed by atoms with Crippen LogP contribution in [0.15, 0.2) is 0 Å². The molecule has 2 unspecified atom stereocenters. The molecule has 0 aromatic heterocycles. The van der Waals surface area contributed by atoms with Crippen molar-refractivity contribution in [1.29, 1.82) is 0 Å². The maximum absolute atomic E-state index is 9.30. The van der Waals surface area contributed by atoms with Crippen LogP contribution < -0.4 is 0 Å². The molecule has 0 aliphatic heterocycles. The number of rotatable bonds is 7. The minimum Gasteiger partial charge on any atom is -0.394 e. The molecular weight excluding hydrogens is 156 g/mol. The second kappa shape index (κ2) is 7.53. The standard InChI is InChI=1S/C9H20O3/c1-3-5-9(8(11)7-10)12-6-4-2/h8-11H,3-7H2,1-2H3. The molecule has 2 atom stereocenters.